The third kappa shape index (κ3) is 3.41. The Bertz CT molecular complexity index is 586. The lowest BCUT2D eigenvalue weighted by Crippen LogP contribution is -1.86. The molecule has 0 amide bonds. The molecule has 0 radical (unpaired) electrons. The fourth-order valence-electron chi connectivity index (χ4n) is 1.79. The Kier molecular flexibility index (Phi) is 3.95. The summed E-state index contributed by atoms with van der Waals surface area (Å²) in [4.78, 5) is 0. The second-order valence-electron chi connectivity index (χ2n) is 4.93. The van der Waals surface area contributed by atoms with Crippen LogP contribution in [0.1, 0.15) is 30.9 Å². The monoisotopic (exact) mass is 254 g/mol. The van der Waals surface area contributed by atoms with Gasteiger partial charge in [-0.3, -0.25) is 0 Å². The minimum Gasteiger partial charge on any atom is -0.508 e. The van der Waals surface area contributed by atoms with Crippen molar-refractivity contribution >= 4 is 11.4 Å². The number of benzene rings is 2. The molecule has 3 nitrogen and oxygen atoms in total. The van der Waals surface area contributed by atoms with E-state index < -0.39 is 0 Å². The summed E-state index contributed by atoms with van der Waals surface area (Å²) >= 11 is 0. The Morgan fingerprint density at radius 2 is 1.47 bits per heavy atom. The Hall–Kier alpha value is -2.16. The lowest BCUT2D eigenvalue weighted by Gasteiger charge is -2.08. The van der Waals surface area contributed by atoms with E-state index in [2.05, 4.69) is 10.2 Å². The fourth-order valence-corrected chi connectivity index (χ4v) is 1.79. The molecule has 1 N–H and O–H groups in total. The number of aromatic hydroxyl groups is 1. The molecule has 0 unspecified atom stereocenters. The Morgan fingerprint density at radius 1 is 0.895 bits per heavy atom. The largest absolute Gasteiger partial charge is 0.508 e. The van der Waals surface area contributed by atoms with Crippen LogP contribution >= 0.6 is 0 Å². The van der Waals surface area contributed by atoms with Gasteiger partial charge in [0.25, 0.3) is 0 Å². The van der Waals surface area contributed by atoms with Gasteiger partial charge in [0.15, 0.2) is 0 Å². The summed E-state index contributed by atoms with van der Waals surface area (Å²) in [6.45, 7) is 6.11. The van der Waals surface area contributed by atoms with Crippen molar-refractivity contribution in [3.8, 4) is 5.75 Å². The van der Waals surface area contributed by atoms with Crippen molar-refractivity contribution < 1.29 is 5.11 Å². The highest BCUT2D eigenvalue weighted by molar-refractivity contribution is 5.48. The first-order valence-corrected chi connectivity index (χ1v) is 6.37. The molecule has 0 aliphatic heterocycles. The van der Waals surface area contributed by atoms with Gasteiger partial charge in [0, 0.05) is 0 Å². The molecule has 0 aliphatic rings. The van der Waals surface area contributed by atoms with Crippen LogP contribution < -0.4 is 0 Å². The number of hydrogen-bond acceptors (Lipinski definition) is 3. The van der Waals surface area contributed by atoms with Gasteiger partial charge in [-0.15, -0.1) is 0 Å². The van der Waals surface area contributed by atoms with E-state index in [0.29, 0.717) is 5.75 Å². The summed E-state index contributed by atoms with van der Waals surface area (Å²) < 4.78 is 0. The average molecular weight is 254 g/mol. The van der Waals surface area contributed by atoms with Crippen LogP contribution in [0.15, 0.2) is 52.7 Å². The van der Waals surface area contributed by atoms with E-state index in [1.165, 1.54) is 5.56 Å². The zero-order chi connectivity index (χ0) is 13.8. The smallest absolute Gasteiger partial charge is 0.119 e. The van der Waals surface area contributed by atoms with Gasteiger partial charge in [0.05, 0.1) is 11.4 Å². The molecule has 0 bridgehead atoms. The maximum absolute atomic E-state index is 9.75. The number of rotatable bonds is 3. The first-order chi connectivity index (χ1) is 9.06. The van der Waals surface area contributed by atoms with Gasteiger partial charge < -0.3 is 5.11 Å². The molecule has 2 aromatic carbocycles. The van der Waals surface area contributed by atoms with Gasteiger partial charge in [0.1, 0.15) is 5.75 Å². The summed E-state index contributed by atoms with van der Waals surface area (Å²) in [6, 6.07) is 13.2. The molecule has 98 valence electrons. The zero-order valence-electron chi connectivity index (χ0n) is 11.5. The van der Waals surface area contributed by atoms with Crippen molar-refractivity contribution in [1.82, 2.24) is 0 Å². The Morgan fingerprint density at radius 3 is 2.11 bits per heavy atom. The van der Waals surface area contributed by atoms with Crippen LogP contribution in [-0.2, 0) is 0 Å². The first kappa shape index (κ1) is 13.3. The van der Waals surface area contributed by atoms with E-state index in [1.807, 2.05) is 51.1 Å². The van der Waals surface area contributed by atoms with E-state index in [0.717, 1.165) is 16.9 Å². The van der Waals surface area contributed by atoms with Crippen molar-refractivity contribution in [3.05, 3.63) is 53.6 Å². The summed E-state index contributed by atoms with van der Waals surface area (Å²) in [7, 11) is 0. The standard InChI is InChI=1S/C16H18N2O/c1-11(2)15-10-14(8-9-16(15)19)18-17-13-6-4-12(3)5-7-13/h4-11,19H,1-3H3. The molecule has 3 heteroatoms. The van der Waals surface area contributed by atoms with Crippen molar-refractivity contribution in [2.75, 3.05) is 0 Å². The van der Waals surface area contributed by atoms with E-state index in [9.17, 15) is 5.11 Å². The van der Waals surface area contributed by atoms with Crippen LogP contribution in [0, 0.1) is 6.92 Å². The molecular formula is C16H18N2O. The molecule has 0 aromatic heterocycles. The predicted octanol–water partition coefficient (Wildman–Crippen LogP) is 5.24. The molecule has 0 saturated carbocycles. The summed E-state index contributed by atoms with van der Waals surface area (Å²) in [6.07, 6.45) is 0. The average Bonchev–Trinajstić information content (AvgIpc) is 2.39. The SMILES string of the molecule is Cc1ccc(N=Nc2ccc(O)c(C(C)C)c2)cc1. The third-order valence-electron chi connectivity index (χ3n) is 2.95. The van der Waals surface area contributed by atoms with E-state index in [-0.39, 0.29) is 5.92 Å². The molecule has 0 heterocycles. The molecule has 0 spiro atoms. The number of phenolic OH excluding ortho intramolecular Hbond substituents is 1. The van der Waals surface area contributed by atoms with Crippen LogP contribution in [0.4, 0.5) is 11.4 Å². The lowest BCUT2D eigenvalue weighted by molar-refractivity contribution is 0.465. The minimum atomic E-state index is 0.259. The summed E-state index contributed by atoms with van der Waals surface area (Å²) in [5.74, 6) is 0.568. The van der Waals surface area contributed by atoms with Crippen molar-refractivity contribution in [2.24, 2.45) is 10.2 Å². The molecular weight excluding hydrogens is 236 g/mol. The number of nitrogens with zero attached hydrogens (tertiary/aromatic N) is 2. The van der Waals surface area contributed by atoms with Crippen molar-refractivity contribution in [1.29, 1.82) is 0 Å². The second kappa shape index (κ2) is 5.65. The highest BCUT2D eigenvalue weighted by Crippen LogP contribution is 2.30. The molecule has 0 saturated heterocycles. The van der Waals surface area contributed by atoms with Gasteiger partial charge in [-0.1, -0.05) is 31.5 Å². The topological polar surface area (TPSA) is 45.0 Å². The Balaban J connectivity index is 2.23. The highest BCUT2D eigenvalue weighted by atomic mass is 16.3. The molecule has 2 rings (SSSR count). The van der Waals surface area contributed by atoms with Crippen LogP contribution in [0.5, 0.6) is 5.75 Å². The normalized spacial score (nSPS) is 11.4. The molecule has 0 fully saturated rings. The van der Waals surface area contributed by atoms with Crippen LogP contribution in [0.2, 0.25) is 0 Å². The summed E-state index contributed by atoms with van der Waals surface area (Å²) in [5, 5.41) is 18.1. The van der Waals surface area contributed by atoms with Crippen LogP contribution in [0.25, 0.3) is 0 Å². The highest BCUT2D eigenvalue weighted by Gasteiger charge is 2.06. The van der Waals surface area contributed by atoms with E-state index in [4.69, 9.17) is 0 Å². The molecule has 19 heavy (non-hydrogen) atoms. The maximum Gasteiger partial charge on any atom is 0.119 e. The predicted molar refractivity (Wildman–Crippen MR) is 77.6 cm³/mol. The molecule has 0 atom stereocenters. The second-order valence-corrected chi connectivity index (χ2v) is 4.93. The van der Waals surface area contributed by atoms with Crippen molar-refractivity contribution in [3.63, 3.8) is 0 Å². The van der Waals surface area contributed by atoms with Gasteiger partial charge in [0.2, 0.25) is 0 Å². The molecule has 2 aromatic rings. The third-order valence-corrected chi connectivity index (χ3v) is 2.95. The van der Waals surface area contributed by atoms with Gasteiger partial charge in [-0.25, -0.2) is 0 Å². The Labute approximate surface area is 113 Å². The quantitative estimate of drug-likeness (QED) is 0.748. The zero-order valence-corrected chi connectivity index (χ0v) is 11.5. The first-order valence-electron chi connectivity index (χ1n) is 6.37. The van der Waals surface area contributed by atoms with Crippen molar-refractivity contribution in [2.45, 2.75) is 26.7 Å². The summed E-state index contributed by atoms with van der Waals surface area (Å²) in [5.41, 5.74) is 3.66. The number of azo groups is 1. The minimum absolute atomic E-state index is 0.259. The van der Waals surface area contributed by atoms with E-state index in [1.54, 1.807) is 12.1 Å². The lowest BCUT2D eigenvalue weighted by atomic mass is 10.0. The van der Waals surface area contributed by atoms with Gasteiger partial charge in [-0.2, -0.15) is 10.2 Å². The van der Waals surface area contributed by atoms with Gasteiger partial charge in [-0.05, 0) is 48.7 Å². The fraction of sp³-hybridized carbons (Fsp3) is 0.250. The van der Waals surface area contributed by atoms with Crippen LogP contribution in [-0.4, -0.2) is 5.11 Å². The number of aryl methyl sites for hydroxylation is 1. The number of phenols is 1. The molecule has 0 aliphatic carbocycles. The van der Waals surface area contributed by atoms with Crippen LogP contribution in [0.3, 0.4) is 0 Å². The maximum atomic E-state index is 9.75. The number of hydrogen-bond donors (Lipinski definition) is 1. The van der Waals surface area contributed by atoms with E-state index >= 15 is 0 Å². The van der Waals surface area contributed by atoms with Gasteiger partial charge >= 0.3 is 0 Å².